The average molecular weight is 415 g/mol. The van der Waals surface area contributed by atoms with Crippen molar-refractivity contribution in [2.75, 3.05) is 11.9 Å². The number of carbonyl (C=O) groups excluding carboxylic acids is 1. The first-order valence-electron chi connectivity index (χ1n) is 8.90. The molecule has 0 aliphatic carbocycles. The van der Waals surface area contributed by atoms with Crippen molar-refractivity contribution in [1.29, 1.82) is 0 Å². The number of carbonyl (C=O) groups is 1. The van der Waals surface area contributed by atoms with Gasteiger partial charge in [-0.3, -0.25) is 4.40 Å². The fraction of sp³-hybridized carbons (Fsp3) is 0.150. The van der Waals surface area contributed by atoms with Crippen molar-refractivity contribution in [3.8, 4) is 22.6 Å². The molecule has 154 valence electrons. The first-order chi connectivity index (χ1) is 14.3. The van der Waals surface area contributed by atoms with E-state index in [0.717, 1.165) is 22.5 Å². The summed E-state index contributed by atoms with van der Waals surface area (Å²) in [6.07, 6.45) is 0.425. The number of urea groups is 1. The molecule has 0 fully saturated rings. The molecule has 0 saturated carbocycles. The van der Waals surface area contributed by atoms with Gasteiger partial charge in [0.15, 0.2) is 12.2 Å². The first kappa shape index (κ1) is 19.5. The number of rotatable bonds is 4. The van der Waals surface area contributed by atoms with Crippen LogP contribution >= 0.6 is 0 Å². The molecule has 10 heteroatoms. The Morgan fingerprint density at radius 3 is 2.73 bits per heavy atom. The molecular weight excluding hydrogens is 399 g/mol. The van der Waals surface area contributed by atoms with Gasteiger partial charge in [0.2, 0.25) is 0 Å². The van der Waals surface area contributed by atoms with Crippen molar-refractivity contribution < 1.29 is 22.4 Å². The first-order valence-corrected chi connectivity index (χ1v) is 8.90. The summed E-state index contributed by atoms with van der Waals surface area (Å²) in [7, 11) is 0. The van der Waals surface area contributed by atoms with Gasteiger partial charge in [-0.25, -0.2) is 14.8 Å². The summed E-state index contributed by atoms with van der Waals surface area (Å²) >= 11 is 0. The minimum atomic E-state index is -4.47. The molecule has 0 atom stereocenters. The van der Waals surface area contributed by atoms with E-state index in [-0.39, 0.29) is 0 Å². The van der Waals surface area contributed by atoms with E-state index in [4.69, 9.17) is 4.42 Å². The van der Waals surface area contributed by atoms with Crippen LogP contribution in [0.5, 0.6) is 0 Å². The van der Waals surface area contributed by atoms with Crippen molar-refractivity contribution in [2.24, 2.45) is 0 Å². The van der Waals surface area contributed by atoms with E-state index in [2.05, 4.69) is 15.3 Å². The Kier molecular flexibility index (Phi) is 4.90. The van der Waals surface area contributed by atoms with Crippen molar-refractivity contribution in [3.63, 3.8) is 0 Å². The Bertz CT molecular complexity index is 1210. The monoisotopic (exact) mass is 415 g/mol. The van der Waals surface area contributed by atoms with Gasteiger partial charge < -0.3 is 15.1 Å². The number of aromatic nitrogens is 3. The maximum absolute atomic E-state index is 12.2. The third kappa shape index (κ3) is 4.12. The molecule has 0 saturated heterocycles. The number of oxazole rings is 1. The topological polar surface area (TPSA) is 84.5 Å². The van der Waals surface area contributed by atoms with Crippen LogP contribution in [0, 0.1) is 6.92 Å². The van der Waals surface area contributed by atoms with Crippen LogP contribution in [0.1, 0.15) is 5.69 Å². The summed E-state index contributed by atoms with van der Waals surface area (Å²) in [5, 5.41) is 4.17. The van der Waals surface area contributed by atoms with Crippen molar-refractivity contribution in [3.05, 3.63) is 60.9 Å². The number of hydrogen-bond acceptors (Lipinski definition) is 4. The number of pyridine rings is 1. The van der Waals surface area contributed by atoms with Crippen LogP contribution < -0.4 is 10.6 Å². The Balaban J connectivity index is 1.58. The van der Waals surface area contributed by atoms with E-state index in [9.17, 15) is 18.0 Å². The second-order valence-corrected chi connectivity index (χ2v) is 6.56. The molecule has 4 rings (SSSR count). The summed E-state index contributed by atoms with van der Waals surface area (Å²) in [6.45, 7) is 0.447. The van der Waals surface area contributed by atoms with E-state index in [1.54, 1.807) is 29.7 Å². The van der Waals surface area contributed by atoms with Gasteiger partial charge in [0.05, 0.1) is 17.6 Å². The number of alkyl halides is 3. The van der Waals surface area contributed by atoms with Crippen LogP contribution in [0.2, 0.25) is 0 Å². The number of hydrogen-bond donors (Lipinski definition) is 2. The van der Waals surface area contributed by atoms with Gasteiger partial charge in [0.25, 0.3) is 0 Å². The van der Waals surface area contributed by atoms with Crippen LogP contribution in [0.25, 0.3) is 28.2 Å². The molecule has 2 N–H and O–H groups in total. The number of nitrogens with zero attached hydrogens (tertiary/aromatic N) is 3. The van der Waals surface area contributed by atoms with Crippen LogP contribution in [-0.2, 0) is 0 Å². The van der Waals surface area contributed by atoms with Crippen LogP contribution in [-0.4, -0.2) is 33.1 Å². The third-order valence-electron chi connectivity index (χ3n) is 4.39. The molecule has 3 heterocycles. The Hall–Kier alpha value is -3.82. The lowest BCUT2D eigenvalue weighted by atomic mass is 10.1. The Morgan fingerprint density at radius 2 is 2.00 bits per heavy atom. The predicted molar refractivity (Wildman–Crippen MR) is 104 cm³/mol. The lowest BCUT2D eigenvalue weighted by molar-refractivity contribution is -0.122. The summed E-state index contributed by atoms with van der Waals surface area (Å²) in [4.78, 5) is 20.2. The molecule has 7 nitrogen and oxygen atoms in total. The summed E-state index contributed by atoms with van der Waals surface area (Å²) in [5.74, 6) is 0.665. The zero-order valence-electron chi connectivity index (χ0n) is 15.7. The van der Waals surface area contributed by atoms with Gasteiger partial charge >= 0.3 is 12.2 Å². The lowest BCUT2D eigenvalue weighted by Crippen LogP contribution is -2.36. The Labute approximate surface area is 168 Å². The molecule has 30 heavy (non-hydrogen) atoms. The molecule has 0 aliphatic rings. The minimum absolute atomic E-state index is 0.357. The maximum atomic E-state index is 12.2. The van der Waals surface area contributed by atoms with Crippen LogP contribution in [0.4, 0.5) is 23.7 Å². The minimum Gasteiger partial charge on any atom is -0.443 e. The highest BCUT2D eigenvalue weighted by atomic mass is 19.4. The van der Waals surface area contributed by atoms with E-state index < -0.39 is 18.8 Å². The van der Waals surface area contributed by atoms with Gasteiger partial charge in [0, 0.05) is 23.0 Å². The quantitative estimate of drug-likeness (QED) is 0.508. The summed E-state index contributed by atoms with van der Waals surface area (Å²) < 4.78 is 44.0. The van der Waals surface area contributed by atoms with Crippen molar-refractivity contribution in [2.45, 2.75) is 13.1 Å². The van der Waals surface area contributed by atoms with E-state index in [0.29, 0.717) is 17.1 Å². The largest absolute Gasteiger partial charge is 0.443 e. The highest BCUT2D eigenvalue weighted by molar-refractivity contribution is 5.90. The van der Waals surface area contributed by atoms with Crippen molar-refractivity contribution in [1.82, 2.24) is 19.7 Å². The number of fused-ring (bicyclic) bond motifs is 1. The second kappa shape index (κ2) is 7.54. The number of aryl methyl sites for hydroxylation is 1. The number of amides is 2. The highest BCUT2D eigenvalue weighted by Crippen LogP contribution is 2.28. The molecule has 0 unspecified atom stereocenters. The van der Waals surface area contributed by atoms with Gasteiger partial charge in [-0.15, -0.1) is 0 Å². The molecule has 0 spiro atoms. The Morgan fingerprint density at radius 1 is 1.17 bits per heavy atom. The number of benzene rings is 1. The number of nitrogens with one attached hydrogen (secondary N) is 2. The fourth-order valence-corrected chi connectivity index (χ4v) is 3.03. The smallest absolute Gasteiger partial charge is 0.405 e. The predicted octanol–water partition coefficient (Wildman–Crippen LogP) is 4.65. The molecule has 4 aromatic rings. The number of anilines is 1. The van der Waals surface area contributed by atoms with Crippen LogP contribution in [0.15, 0.2) is 59.6 Å². The van der Waals surface area contributed by atoms with Gasteiger partial charge in [-0.05, 0) is 31.2 Å². The molecule has 1 aromatic carbocycles. The number of halogens is 3. The molecule has 2 amide bonds. The van der Waals surface area contributed by atoms with Gasteiger partial charge in [-0.2, -0.15) is 13.2 Å². The fourth-order valence-electron chi connectivity index (χ4n) is 3.03. The molecule has 0 bridgehead atoms. The van der Waals surface area contributed by atoms with E-state index in [1.165, 1.54) is 6.39 Å². The average Bonchev–Trinajstić information content (AvgIpc) is 3.31. The molecule has 0 aliphatic heterocycles. The van der Waals surface area contributed by atoms with Gasteiger partial charge in [-0.1, -0.05) is 12.1 Å². The zero-order chi connectivity index (χ0) is 21.3. The van der Waals surface area contributed by atoms with Crippen LogP contribution in [0.3, 0.4) is 0 Å². The standard InChI is InChI=1S/C20H16F3N5O2/c1-12-18(30-11-26-12)14-5-6-28-16(9-24-17(28)8-14)13-3-2-4-15(7-13)27-19(29)25-10-20(21,22)23/h2-9,11H,10H2,1H3,(H2,25,27,29). The number of imidazole rings is 1. The second-order valence-electron chi connectivity index (χ2n) is 6.56. The molecular formula is C20H16F3N5O2. The molecule has 0 radical (unpaired) electrons. The van der Waals surface area contributed by atoms with E-state index >= 15 is 0 Å². The summed E-state index contributed by atoms with van der Waals surface area (Å²) in [6, 6.07) is 9.56. The normalized spacial score (nSPS) is 11.6. The van der Waals surface area contributed by atoms with Crippen molar-refractivity contribution >= 4 is 17.4 Å². The zero-order valence-corrected chi connectivity index (χ0v) is 15.7. The lowest BCUT2D eigenvalue weighted by Gasteiger charge is -2.11. The summed E-state index contributed by atoms with van der Waals surface area (Å²) in [5.41, 5.74) is 4.14. The van der Waals surface area contributed by atoms with E-state index in [1.807, 2.05) is 35.7 Å². The third-order valence-corrected chi connectivity index (χ3v) is 4.39. The molecule has 3 aromatic heterocycles. The van der Waals surface area contributed by atoms with Gasteiger partial charge in [0.1, 0.15) is 12.2 Å². The highest BCUT2D eigenvalue weighted by Gasteiger charge is 2.27. The SMILES string of the molecule is Cc1ncoc1-c1ccn2c(-c3cccc(NC(=O)NCC(F)(F)F)c3)cnc2c1. The maximum Gasteiger partial charge on any atom is 0.405 e.